The van der Waals surface area contributed by atoms with Crippen LogP contribution in [0.1, 0.15) is 20.3 Å². The van der Waals surface area contributed by atoms with Crippen LogP contribution in [-0.4, -0.2) is 11.3 Å². The second kappa shape index (κ2) is 2.17. The third-order valence-electron chi connectivity index (χ3n) is 4.45. The monoisotopic (exact) mass is 206 g/mol. The molecule has 2 aliphatic rings. The zero-order chi connectivity index (χ0) is 10.0. The van der Waals surface area contributed by atoms with Gasteiger partial charge in [0, 0.05) is 16.6 Å². The first-order valence-corrected chi connectivity index (χ1v) is 7.06. The minimum atomic E-state index is -2.04. The lowest BCUT2D eigenvalue weighted by Crippen LogP contribution is -2.36. The predicted octanol–water partition coefficient (Wildman–Crippen LogP) is 2.86. The van der Waals surface area contributed by atoms with E-state index < -0.39 is 7.14 Å². The van der Waals surface area contributed by atoms with Crippen LogP contribution in [0.4, 0.5) is 0 Å². The molecule has 2 heteroatoms. The molecule has 3 atom stereocenters. The molecule has 1 aliphatic heterocycles. The Morgan fingerprint density at radius 1 is 1.21 bits per heavy atom. The van der Waals surface area contributed by atoms with Crippen LogP contribution >= 0.6 is 7.14 Å². The topological polar surface area (TPSA) is 17.1 Å². The highest BCUT2D eigenvalue weighted by Gasteiger charge is 2.80. The molecule has 74 valence electrons. The van der Waals surface area contributed by atoms with E-state index in [2.05, 4.69) is 13.8 Å². The van der Waals surface area contributed by atoms with Gasteiger partial charge in [-0.05, 0) is 11.8 Å². The molecule has 1 heterocycles. The maximum Gasteiger partial charge on any atom is 0.122 e. The van der Waals surface area contributed by atoms with Gasteiger partial charge < -0.3 is 4.57 Å². The van der Waals surface area contributed by atoms with Crippen LogP contribution in [0, 0.1) is 5.41 Å². The second-order valence-corrected chi connectivity index (χ2v) is 8.54. The van der Waals surface area contributed by atoms with Crippen molar-refractivity contribution in [1.29, 1.82) is 0 Å². The van der Waals surface area contributed by atoms with Crippen molar-refractivity contribution in [3.63, 3.8) is 0 Å². The summed E-state index contributed by atoms with van der Waals surface area (Å²) in [5, 5.41) is 1.24. The van der Waals surface area contributed by atoms with Gasteiger partial charge in [0.15, 0.2) is 0 Å². The van der Waals surface area contributed by atoms with Crippen LogP contribution < -0.4 is 5.30 Å². The van der Waals surface area contributed by atoms with Gasteiger partial charge in [0.05, 0.1) is 0 Å². The van der Waals surface area contributed by atoms with E-state index in [0.29, 0.717) is 5.41 Å². The van der Waals surface area contributed by atoms with Crippen molar-refractivity contribution in [3.8, 4) is 0 Å². The highest BCUT2D eigenvalue weighted by atomic mass is 31.2. The van der Waals surface area contributed by atoms with Crippen molar-refractivity contribution in [2.45, 2.75) is 25.4 Å². The zero-order valence-corrected chi connectivity index (χ0v) is 9.55. The number of hydrogen-bond acceptors (Lipinski definition) is 1. The minimum absolute atomic E-state index is 0.140. The van der Waals surface area contributed by atoms with E-state index in [0.717, 1.165) is 17.9 Å². The first-order chi connectivity index (χ1) is 6.52. The molecule has 0 aromatic heterocycles. The molecule has 1 aromatic rings. The highest BCUT2D eigenvalue weighted by Crippen LogP contribution is 2.89. The van der Waals surface area contributed by atoms with Crippen LogP contribution in [0.25, 0.3) is 0 Å². The van der Waals surface area contributed by atoms with E-state index >= 15 is 0 Å². The molecule has 0 radical (unpaired) electrons. The molecular formula is C12H15OP. The van der Waals surface area contributed by atoms with Crippen LogP contribution in [-0.2, 0) is 4.57 Å². The van der Waals surface area contributed by atoms with E-state index in [-0.39, 0.29) is 5.16 Å². The van der Waals surface area contributed by atoms with E-state index in [4.69, 9.17) is 0 Å². The Bertz CT molecular complexity index is 439. The standard InChI is InChI=1S/C12H15OP/c1-11-8-12(11,2)14(13,9-11)10-6-4-3-5-7-10/h3-7H,8-9H2,1-2H3. The fourth-order valence-corrected chi connectivity index (χ4v) is 7.61. The normalized spacial score (nSPS) is 49.3. The van der Waals surface area contributed by atoms with Gasteiger partial charge in [0.25, 0.3) is 0 Å². The van der Waals surface area contributed by atoms with Gasteiger partial charge in [-0.15, -0.1) is 0 Å². The Kier molecular flexibility index (Phi) is 1.35. The Hall–Kier alpha value is -0.550. The van der Waals surface area contributed by atoms with Gasteiger partial charge in [0.2, 0.25) is 0 Å². The first-order valence-electron chi connectivity index (χ1n) is 5.17. The lowest BCUT2D eigenvalue weighted by atomic mass is 10.1. The molecule has 3 unspecified atom stereocenters. The summed E-state index contributed by atoms with van der Waals surface area (Å²) in [6.07, 6.45) is 2.09. The maximum atomic E-state index is 12.8. The average molecular weight is 206 g/mol. The van der Waals surface area contributed by atoms with Crippen LogP contribution in [0.15, 0.2) is 30.3 Å². The molecule has 1 nitrogen and oxygen atoms in total. The largest absolute Gasteiger partial charge is 0.318 e. The molecule has 14 heavy (non-hydrogen) atoms. The molecule has 0 amide bonds. The number of rotatable bonds is 1. The van der Waals surface area contributed by atoms with Gasteiger partial charge in [-0.1, -0.05) is 44.2 Å². The SMILES string of the molecule is CC12CC1(C)P(=O)(c1ccccc1)C2. The van der Waals surface area contributed by atoms with Crippen molar-refractivity contribution >= 4 is 12.4 Å². The third kappa shape index (κ3) is 0.728. The van der Waals surface area contributed by atoms with Crippen LogP contribution in [0.3, 0.4) is 0 Å². The molecule has 1 saturated carbocycles. The molecule has 1 saturated heterocycles. The first kappa shape index (κ1) is 8.73. The Morgan fingerprint density at radius 3 is 2.29 bits per heavy atom. The Labute approximate surface area is 84.9 Å². The lowest BCUT2D eigenvalue weighted by Gasteiger charge is -2.40. The van der Waals surface area contributed by atoms with E-state index in [1.165, 1.54) is 0 Å². The molecule has 3 rings (SSSR count). The highest BCUT2D eigenvalue weighted by molar-refractivity contribution is 7.75. The zero-order valence-electron chi connectivity index (χ0n) is 8.66. The number of fused-ring (bicyclic) bond motifs is 1. The minimum Gasteiger partial charge on any atom is -0.318 e. The molecular weight excluding hydrogens is 191 g/mol. The van der Waals surface area contributed by atoms with Crippen molar-refractivity contribution in [2.75, 3.05) is 6.16 Å². The van der Waals surface area contributed by atoms with Gasteiger partial charge in [-0.25, -0.2) is 0 Å². The van der Waals surface area contributed by atoms with Gasteiger partial charge >= 0.3 is 0 Å². The fourth-order valence-electron chi connectivity index (χ4n) is 3.13. The lowest BCUT2D eigenvalue weighted by molar-refractivity contribution is 0.490. The van der Waals surface area contributed by atoms with Gasteiger partial charge in [-0.3, -0.25) is 0 Å². The third-order valence-corrected chi connectivity index (χ3v) is 9.02. The molecule has 0 N–H and O–H groups in total. The van der Waals surface area contributed by atoms with Crippen molar-refractivity contribution < 1.29 is 4.57 Å². The smallest absolute Gasteiger partial charge is 0.122 e. The summed E-state index contributed by atoms with van der Waals surface area (Å²) in [5.74, 6) is 0. The van der Waals surface area contributed by atoms with E-state index in [1.54, 1.807) is 0 Å². The molecule has 0 bridgehead atoms. The Balaban J connectivity index is 2.07. The predicted molar refractivity (Wildman–Crippen MR) is 59.7 cm³/mol. The molecule has 1 aliphatic carbocycles. The van der Waals surface area contributed by atoms with Gasteiger partial charge in [0.1, 0.15) is 7.14 Å². The van der Waals surface area contributed by atoms with E-state index in [1.807, 2.05) is 30.3 Å². The number of benzene rings is 1. The second-order valence-electron chi connectivity index (χ2n) is 5.24. The van der Waals surface area contributed by atoms with Crippen molar-refractivity contribution in [3.05, 3.63) is 30.3 Å². The molecule has 0 spiro atoms. The summed E-state index contributed by atoms with van der Waals surface area (Å²) in [5.41, 5.74) is 0.401. The molecule has 2 fully saturated rings. The average Bonchev–Trinajstić information content (AvgIpc) is 2.64. The summed E-state index contributed by atoms with van der Waals surface area (Å²) < 4.78 is 12.8. The van der Waals surface area contributed by atoms with Gasteiger partial charge in [-0.2, -0.15) is 0 Å². The fraction of sp³-hybridized carbons (Fsp3) is 0.500. The summed E-state index contributed by atoms with van der Waals surface area (Å²) >= 11 is 0. The summed E-state index contributed by atoms with van der Waals surface area (Å²) in [7, 11) is -2.04. The van der Waals surface area contributed by atoms with E-state index in [9.17, 15) is 4.57 Å². The summed E-state index contributed by atoms with van der Waals surface area (Å²) in [4.78, 5) is 0. The van der Waals surface area contributed by atoms with Crippen LogP contribution in [0.2, 0.25) is 0 Å². The Morgan fingerprint density at radius 2 is 1.86 bits per heavy atom. The summed E-state index contributed by atoms with van der Waals surface area (Å²) in [6, 6.07) is 10.0. The number of hydrogen-bond donors (Lipinski definition) is 0. The summed E-state index contributed by atoms with van der Waals surface area (Å²) in [6.45, 7) is 4.47. The van der Waals surface area contributed by atoms with Crippen molar-refractivity contribution in [1.82, 2.24) is 0 Å². The van der Waals surface area contributed by atoms with Crippen molar-refractivity contribution in [2.24, 2.45) is 5.41 Å². The van der Waals surface area contributed by atoms with Crippen LogP contribution in [0.5, 0.6) is 0 Å². The maximum absolute atomic E-state index is 12.8. The quantitative estimate of drug-likeness (QED) is 0.646. The molecule has 1 aromatic carbocycles.